The Kier molecular flexibility index (Phi) is 6.95. The molecule has 3 aromatic rings. The number of esters is 1. The summed E-state index contributed by atoms with van der Waals surface area (Å²) in [6, 6.07) is 25.2. The number of rotatable bonds is 7. The minimum absolute atomic E-state index is 0.414. The molecule has 0 saturated heterocycles. The molecule has 0 aliphatic carbocycles. The van der Waals surface area contributed by atoms with Gasteiger partial charge in [-0.1, -0.05) is 66.7 Å². The van der Waals surface area contributed by atoms with E-state index in [-0.39, 0.29) is 0 Å². The first kappa shape index (κ1) is 20.8. The summed E-state index contributed by atoms with van der Waals surface area (Å²) in [5.74, 6) is -1.60. The van der Waals surface area contributed by atoms with Crippen LogP contribution < -0.4 is 10.6 Å². The van der Waals surface area contributed by atoms with E-state index in [9.17, 15) is 14.4 Å². The molecular weight excluding hydrogens is 380 g/mol. The molecular formula is C24H22N2O4. The third kappa shape index (κ3) is 5.54. The van der Waals surface area contributed by atoms with Crippen molar-refractivity contribution in [1.29, 1.82) is 0 Å². The molecule has 0 aliphatic heterocycles. The fourth-order valence-corrected chi connectivity index (χ4v) is 2.79. The number of ether oxygens (including phenoxy) is 1. The van der Waals surface area contributed by atoms with Gasteiger partial charge in [-0.05, 0) is 36.8 Å². The summed E-state index contributed by atoms with van der Waals surface area (Å²) < 4.78 is 5.37. The third-order valence-corrected chi connectivity index (χ3v) is 4.38. The van der Waals surface area contributed by atoms with Crippen LogP contribution in [0.4, 0.5) is 5.69 Å². The first-order valence-electron chi connectivity index (χ1n) is 9.52. The average molecular weight is 402 g/mol. The number of hydrogen-bond donors (Lipinski definition) is 2. The summed E-state index contributed by atoms with van der Waals surface area (Å²) >= 11 is 0. The van der Waals surface area contributed by atoms with Gasteiger partial charge in [0, 0.05) is 11.3 Å². The summed E-state index contributed by atoms with van der Waals surface area (Å²) in [7, 11) is 0. The lowest BCUT2D eigenvalue weighted by molar-refractivity contribution is -0.155. The minimum Gasteiger partial charge on any atom is -0.451 e. The third-order valence-electron chi connectivity index (χ3n) is 4.38. The molecule has 6 heteroatoms. The molecule has 0 unspecified atom stereocenters. The minimum atomic E-state index is -1.05. The number of amides is 2. The van der Waals surface area contributed by atoms with Crippen molar-refractivity contribution in [1.82, 2.24) is 5.32 Å². The van der Waals surface area contributed by atoms with Crippen LogP contribution in [0.1, 0.15) is 28.9 Å². The van der Waals surface area contributed by atoms with Crippen LogP contribution in [0, 0.1) is 0 Å². The Morgan fingerprint density at radius 2 is 1.30 bits per heavy atom. The second-order valence-corrected chi connectivity index (χ2v) is 6.62. The van der Waals surface area contributed by atoms with Crippen LogP contribution in [0.15, 0.2) is 91.0 Å². The van der Waals surface area contributed by atoms with Crippen LogP contribution in [-0.2, 0) is 14.3 Å². The molecule has 0 radical (unpaired) electrons. The molecule has 2 N–H and O–H groups in total. The van der Waals surface area contributed by atoms with Gasteiger partial charge < -0.3 is 15.4 Å². The first-order valence-corrected chi connectivity index (χ1v) is 9.52. The Bertz CT molecular complexity index is 991. The Hall–Kier alpha value is -3.93. The molecule has 0 heterocycles. The van der Waals surface area contributed by atoms with E-state index < -0.39 is 29.9 Å². The fourth-order valence-electron chi connectivity index (χ4n) is 2.79. The number of benzene rings is 3. The standard InChI is InChI=1S/C24H22N2O4/c1-17(22(27)25-20-15-9-4-10-16-20)30-24(29)21(18-11-5-2-6-12-18)26-23(28)19-13-7-3-8-14-19/h2-17,21H,1H3,(H,25,27)(H,26,28)/t17-,21+/m1/s1. The summed E-state index contributed by atoms with van der Waals surface area (Å²) in [4.78, 5) is 37.8. The lowest BCUT2D eigenvalue weighted by Crippen LogP contribution is -2.38. The molecule has 0 aliphatic rings. The van der Waals surface area contributed by atoms with Gasteiger partial charge in [0.05, 0.1) is 0 Å². The van der Waals surface area contributed by atoms with E-state index in [1.165, 1.54) is 6.92 Å². The zero-order chi connectivity index (χ0) is 21.3. The average Bonchev–Trinajstić information content (AvgIpc) is 2.79. The Morgan fingerprint density at radius 1 is 0.767 bits per heavy atom. The van der Waals surface area contributed by atoms with E-state index in [0.29, 0.717) is 16.8 Å². The monoisotopic (exact) mass is 402 g/mol. The molecule has 3 aromatic carbocycles. The largest absolute Gasteiger partial charge is 0.451 e. The number of carbonyl (C=O) groups is 3. The Morgan fingerprint density at radius 3 is 1.90 bits per heavy atom. The van der Waals surface area contributed by atoms with Crippen molar-refractivity contribution in [2.75, 3.05) is 5.32 Å². The van der Waals surface area contributed by atoms with E-state index in [2.05, 4.69) is 10.6 Å². The van der Waals surface area contributed by atoms with Crippen molar-refractivity contribution < 1.29 is 19.1 Å². The van der Waals surface area contributed by atoms with Crippen molar-refractivity contribution >= 4 is 23.5 Å². The molecule has 0 saturated carbocycles. The van der Waals surface area contributed by atoms with Crippen molar-refractivity contribution in [3.05, 3.63) is 102 Å². The van der Waals surface area contributed by atoms with Crippen molar-refractivity contribution in [3.8, 4) is 0 Å². The number of carbonyl (C=O) groups excluding carboxylic acids is 3. The Labute approximate surface area is 174 Å². The van der Waals surface area contributed by atoms with E-state index in [0.717, 1.165) is 0 Å². The predicted octanol–water partition coefficient (Wildman–Crippen LogP) is 3.73. The van der Waals surface area contributed by atoms with Crippen molar-refractivity contribution in [3.63, 3.8) is 0 Å². The maximum atomic E-state index is 12.9. The van der Waals surface area contributed by atoms with Crippen LogP contribution in [0.5, 0.6) is 0 Å². The lowest BCUT2D eigenvalue weighted by Gasteiger charge is -2.21. The normalized spacial score (nSPS) is 12.3. The molecule has 0 aromatic heterocycles. The molecule has 6 nitrogen and oxygen atoms in total. The number of para-hydroxylation sites is 1. The maximum Gasteiger partial charge on any atom is 0.334 e. The summed E-state index contributed by atoms with van der Waals surface area (Å²) in [6.45, 7) is 1.48. The van der Waals surface area contributed by atoms with Gasteiger partial charge in [0.25, 0.3) is 11.8 Å². The number of hydrogen-bond acceptors (Lipinski definition) is 4. The van der Waals surface area contributed by atoms with Crippen molar-refractivity contribution in [2.45, 2.75) is 19.1 Å². The van der Waals surface area contributed by atoms with E-state index in [4.69, 9.17) is 4.74 Å². The molecule has 2 amide bonds. The molecule has 0 spiro atoms. The number of anilines is 1. The fraction of sp³-hybridized carbons (Fsp3) is 0.125. The van der Waals surface area contributed by atoms with Crippen LogP contribution >= 0.6 is 0 Å². The van der Waals surface area contributed by atoms with Gasteiger partial charge in [-0.3, -0.25) is 9.59 Å². The smallest absolute Gasteiger partial charge is 0.334 e. The molecule has 2 atom stereocenters. The summed E-state index contributed by atoms with van der Waals surface area (Å²) in [5, 5.41) is 5.39. The van der Waals surface area contributed by atoms with E-state index in [1.54, 1.807) is 84.9 Å². The molecule has 30 heavy (non-hydrogen) atoms. The zero-order valence-corrected chi connectivity index (χ0v) is 16.4. The highest BCUT2D eigenvalue weighted by Crippen LogP contribution is 2.17. The van der Waals surface area contributed by atoms with Crippen LogP contribution in [0.3, 0.4) is 0 Å². The highest BCUT2D eigenvalue weighted by molar-refractivity contribution is 5.98. The van der Waals surface area contributed by atoms with E-state index in [1.807, 2.05) is 6.07 Å². The van der Waals surface area contributed by atoms with E-state index >= 15 is 0 Å². The van der Waals surface area contributed by atoms with Crippen molar-refractivity contribution in [2.24, 2.45) is 0 Å². The quantitative estimate of drug-likeness (QED) is 0.590. The SMILES string of the molecule is C[C@@H](OC(=O)[C@@H](NC(=O)c1ccccc1)c1ccccc1)C(=O)Nc1ccccc1. The van der Waals surface area contributed by atoms with Gasteiger partial charge in [0.15, 0.2) is 12.1 Å². The van der Waals surface area contributed by atoms with Gasteiger partial charge in [0.2, 0.25) is 0 Å². The van der Waals surface area contributed by atoms with Crippen LogP contribution in [-0.4, -0.2) is 23.9 Å². The summed E-state index contributed by atoms with van der Waals surface area (Å²) in [5.41, 5.74) is 1.57. The lowest BCUT2D eigenvalue weighted by atomic mass is 10.1. The maximum absolute atomic E-state index is 12.9. The van der Waals surface area contributed by atoms with Gasteiger partial charge in [-0.2, -0.15) is 0 Å². The second-order valence-electron chi connectivity index (χ2n) is 6.62. The van der Waals surface area contributed by atoms with Crippen LogP contribution in [0.2, 0.25) is 0 Å². The predicted molar refractivity (Wildman–Crippen MR) is 114 cm³/mol. The first-order chi connectivity index (χ1) is 14.5. The highest BCUT2D eigenvalue weighted by Gasteiger charge is 2.28. The van der Waals surface area contributed by atoms with Gasteiger partial charge in [-0.25, -0.2) is 4.79 Å². The topological polar surface area (TPSA) is 84.5 Å². The van der Waals surface area contributed by atoms with Gasteiger partial charge >= 0.3 is 5.97 Å². The second kappa shape index (κ2) is 10.0. The molecule has 3 rings (SSSR count). The summed E-state index contributed by atoms with van der Waals surface area (Å²) in [6.07, 6.45) is -1.04. The zero-order valence-electron chi connectivity index (χ0n) is 16.4. The molecule has 0 bridgehead atoms. The van der Waals surface area contributed by atoms with Gasteiger partial charge in [-0.15, -0.1) is 0 Å². The highest BCUT2D eigenvalue weighted by atomic mass is 16.5. The number of nitrogens with one attached hydrogen (secondary N) is 2. The molecule has 0 fully saturated rings. The molecule has 152 valence electrons. The van der Waals surface area contributed by atoms with Gasteiger partial charge in [0.1, 0.15) is 0 Å². The van der Waals surface area contributed by atoms with Crippen LogP contribution in [0.25, 0.3) is 0 Å². The Balaban J connectivity index is 1.72.